The zero-order chi connectivity index (χ0) is 25.3. The summed E-state index contributed by atoms with van der Waals surface area (Å²) in [6, 6.07) is -0.992. The van der Waals surface area contributed by atoms with E-state index in [1.807, 2.05) is 0 Å². The SMILES string of the molecule is CC(=O)OCC(OC(C)=O)C(OC(C)=O)C(OC(C)=O)C(OC(C)=O)C1NC(C(=O)O)CS1. The summed E-state index contributed by atoms with van der Waals surface area (Å²) in [4.78, 5) is 70.0. The van der Waals surface area contributed by atoms with Gasteiger partial charge in [-0.3, -0.25) is 34.1 Å². The molecule has 13 nitrogen and oxygen atoms in total. The van der Waals surface area contributed by atoms with Crippen molar-refractivity contribution in [1.29, 1.82) is 0 Å². The molecule has 0 aromatic heterocycles. The minimum Gasteiger partial charge on any atom is -0.480 e. The molecule has 1 heterocycles. The Balaban J connectivity index is 3.46. The minimum absolute atomic E-state index is 0.101. The average Bonchev–Trinajstić information content (AvgIpc) is 3.15. The maximum Gasteiger partial charge on any atom is 0.321 e. The number of rotatable bonds is 11. The Morgan fingerprint density at radius 2 is 1.33 bits per heavy atom. The van der Waals surface area contributed by atoms with E-state index in [2.05, 4.69) is 5.32 Å². The second-order valence-corrected chi connectivity index (χ2v) is 8.16. The third kappa shape index (κ3) is 9.65. The number of carboxylic acid groups (broad SMARTS) is 1. The molecule has 0 aromatic carbocycles. The smallest absolute Gasteiger partial charge is 0.321 e. The first-order chi connectivity index (χ1) is 15.3. The van der Waals surface area contributed by atoms with Gasteiger partial charge in [0, 0.05) is 40.4 Å². The van der Waals surface area contributed by atoms with E-state index in [1.165, 1.54) is 0 Å². The van der Waals surface area contributed by atoms with E-state index in [0.29, 0.717) is 0 Å². The molecule has 1 aliphatic heterocycles. The predicted molar refractivity (Wildman–Crippen MR) is 110 cm³/mol. The van der Waals surface area contributed by atoms with Crippen LogP contribution >= 0.6 is 11.8 Å². The fourth-order valence-electron chi connectivity index (χ4n) is 2.99. The normalized spacial score (nSPS) is 21.0. The zero-order valence-corrected chi connectivity index (χ0v) is 19.5. The number of hydrogen-bond acceptors (Lipinski definition) is 13. The van der Waals surface area contributed by atoms with Crippen LogP contribution in [0.3, 0.4) is 0 Å². The van der Waals surface area contributed by atoms with Crippen LogP contribution in [-0.4, -0.2) is 89.1 Å². The van der Waals surface area contributed by atoms with Gasteiger partial charge in [-0.15, -0.1) is 11.8 Å². The highest BCUT2D eigenvalue weighted by molar-refractivity contribution is 8.00. The quantitative estimate of drug-likeness (QED) is 0.275. The van der Waals surface area contributed by atoms with Crippen LogP contribution in [0.4, 0.5) is 0 Å². The summed E-state index contributed by atoms with van der Waals surface area (Å²) in [5, 5.41) is 11.1. The lowest BCUT2D eigenvalue weighted by Gasteiger charge is -2.37. The number of carbonyl (C=O) groups is 6. The molecular weight excluding hydrogens is 466 g/mol. The van der Waals surface area contributed by atoms with Crippen molar-refractivity contribution in [2.24, 2.45) is 0 Å². The Morgan fingerprint density at radius 3 is 1.76 bits per heavy atom. The van der Waals surface area contributed by atoms with Crippen LogP contribution in [0.1, 0.15) is 34.6 Å². The number of thioether (sulfide) groups is 1. The lowest BCUT2D eigenvalue weighted by molar-refractivity contribution is -0.203. The van der Waals surface area contributed by atoms with Gasteiger partial charge in [-0.05, 0) is 0 Å². The van der Waals surface area contributed by atoms with Crippen molar-refractivity contribution >= 4 is 47.6 Å². The topological polar surface area (TPSA) is 181 Å². The van der Waals surface area contributed by atoms with Crippen LogP contribution in [-0.2, 0) is 52.5 Å². The molecule has 0 radical (unpaired) electrons. The van der Waals surface area contributed by atoms with Crippen molar-refractivity contribution in [3.8, 4) is 0 Å². The van der Waals surface area contributed by atoms with Crippen molar-refractivity contribution in [2.45, 2.75) is 70.5 Å². The Morgan fingerprint density at radius 1 is 0.818 bits per heavy atom. The number of hydrogen-bond donors (Lipinski definition) is 2. The number of aliphatic carboxylic acids is 1. The Hall–Kier alpha value is -2.87. The van der Waals surface area contributed by atoms with Gasteiger partial charge in [0.25, 0.3) is 0 Å². The van der Waals surface area contributed by atoms with Crippen molar-refractivity contribution in [3.05, 3.63) is 0 Å². The largest absolute Gasteiger partial charge is 0.480 e. The van der Waals surface area contributed by atoms with E-state index in [4.69, 9.17) is 23.7 Å². The van der Waals surface area contributed by atoms with Crippen LogP contribution in [0.5, 0.6) is 0 Å². The number of esters is 5. The minimum atomic E-state index is -1.58. The molecule has 186 valence electrons. The molecule has 0 saturated carbocycles. The highest BCUT2D eigenvalue weighted by atomic mass is 32.2. The number of carbonyl (C=O) groups excluding carboxylic acids is 5. The van der Waals surface area contributed by atoms with E-state index in [0.717, 1.165) is 46.4 Å². The summed E-state index contributed by atoms with van der Waals surface area (Å²) in [5.74, 6) is -5.14. The predicted octanol–water partition coefficient (Wildman–Crippen LogP) is -0.608. The third-order valence-corrected chi connectivity index (χ3v) is 5.38. The maximum absolute atomic E-state index is 11.9. The van der Waals surface area contributed by atoms with Gasteiger partial charge in [0.15, 0.2) is 24.4 Å². The summed E-state index contributed by atoms with van der Waals surface area (Å²) >= 11 is 1.07. The molecule has 0 aliphatic carbocycles. The molecule has 14 heteroatoms. The first kappa shape index (κ1) is 28.2. The average molecular weight is 493 g/mol. The van der Waals surface area contributed by atoms with Gasteiger partial charge in [0.1, 0.15) is 12.6 Å². The molecule has 1 fully saturated rings. The van der Waals surface area contributed by atoms with Gasteiger partial charge < -0.3 is 28.8 Å². The summed E-state index contributed by atoms with van der Waals surface area (Å²) in [6.07, 6.45) is -5.96. The molecule has 0 amide bonds. The molecule has 1 saturated heterocycles. The molecule has 1 rings (SSSR count). The molecule has 33 heavy (non-hydrogen) atoms. The monoisotopic (exact) mass is 493 g/mol. The van der Waals surface area contributed by atoms with Gasteiger partial charge in [0.05, 0.1) is 5.37 Å². The van der Waals surface area contributed by atoms with E-state index >= 15 is 0 Å². The number of ether oxygens (including phenoxy) is 5. The lowest BCUT2D eigenvalue weighted by Crippen LogP contribution is -2.57. The van der Waals surface area contributed by atoms with Crippen LogP contribution in [0.15, 0.2) is 0 Å². The van der Waals surface area contributed by atoms with Crippen LogP contribution < -0.4 is 5.32 Å². The van der Waals surface area contributed by atoms with Crippen LogP contribution in [0.2, 0.25) is 0 Å². The fourth-order valence-corrected chi connectivity index (χ4v) is 4.29. The van der Waals surface area contributed by atoms with Crippen molar-refractivity contribution in [3.63, 3.8) is 0 Å². The van der Waals surface area contributed by atoms with E-state index < -0.39 is 78.3 Å². The first-order valence-electron chi connectivity index (χ1n) is 9.74. The molecule has 1 aliphatic rings. The van der Waals surface area contributed by atoms with Gasteiger partial charge in [-0.2, -0.15) is 0 Å². The molecule has 0 aromatic rings. The number of nitrogens with one attached hydrogen (secondary N) is 1. The molecular formula is C19H27NO12S. The standard InChI is InChI=1S/C19H27NO12S/c1-8(21)28-6-14(29-9(2)22)15(30-10(3)23)16(31-11(4)24)17(32-12(5)25)18-20-13(7-33-18)19(26)27/h13-18,20H,6-7H2,1-5H3,(H,26,27). The Kier molecular flexibility index (Phi) is 11.1. The van der Waals surface area contributed by atoms with Gasteiger partial charge in [0.2, 0.25) is 0 Å². The van der Waals surface area contributed by atoms with Crippen molar-refractivity contribution < 1.29 is 57.6 Å². The van der Waals surface area contributed by atoms with Gasteiger partial charge >= 0.3 is 35.8 Å². The first-order valence-corrected chi connectivity index (χ1v) is 10.8. The molecule has 0 spiro atoms. The maximum atomic E-state index is 11.9. The number of carboxylic acids is 1. The summed E-state index contributed by atoms with van der Waals surface area (Å²) in [6.45, 7) is 4.75. The van der Waals surface area contributed by atoms with Crippen LogP contribution in [0.25, 0.3) is 0 Å². The lowest BCUT2D eigenvalue weighted by atomic mass is 10.0. The summed E-state index contributed by atoms with van der Waals surface area (Å²) in [7, 11) is 0. The van der Waals surface area contributed by atoms with Crippen molar-refractivity contribution in [1.82, 2.24) is 5.32 Å². The second-order valence-electron chi connectivity index (χ2n) is 6.98. The van der Waals surface area contributed by atoms with E-state index in [-0.39, 0.29) is 5.75 Å². The van der Waals surface area contributed by atoms with E-state index in [1.54, 1.807) is 0 Å². The van der Waals surface area contributed by atoms with E-state index in [9.17, 15) is 33.9 Å². The molecule has 0 bridgehead atoms. The fraction of sp³-hybridized carbons (Fsp3) is 0.684. The Bertz CT molecular complexity index is 772. The molecule has 6 atom stereocenters. The van der Waals surface area contributed by atoms with Gasteiger partial charge in [-0.1, -0.05) is 0 Å². The Labute approximate surface area is 193 Å². The van der Waals surface area contributed by atoms with Gasteiger partial charge in [-0.25, -0.2) is 0 Å². The second kappa shape index (κ2) is 13.0. The molecule has 2 N–H and O–H groups in total. The summed E-state index contributed by atoms with van der Waals surface area (Å²) < 4.78 is 26.0. The highest BCUT2D eigenvalue weighted by Gasteiger charge is 2.49. The third-order valence-electron chi connectivity index (χ3n) is 4.09. The van der Waals surface area contributed by atoms with Crippen molar-refractivity contribution in [2.75, 3.05) is 12.4 Å². The molecule has 6 unspecified atom stereocenters. The zero-order valence-electron chi connectivity index (χ0n) is 18.7. The van der Waals surface area contributed by atoms with Crippen LogP contribution in [0, 0.1) is 0 Å². The highest BCUT2D eigenvalue weighted by Crippen LogP contribution is 2.30. The summed E-state index contributed by atoms with van der Waals surface area (Å²) in [5.41, 5.74) is 0.